The van der Waals surface area contributed by atoms with E-state index < -0.39 is 0 Å². The molecule has 1 unspecified atom stereocenters. The van der Waals surface area contributed by atoms with E-state index in [0.717, 1.165) is 45.5 Å². The molecule has 2 fully saturated rings. The molecule has 2 N–H and O–H groups in total. The zero-order chi connectivity index (χ0) is 14.0. The Labute approximate surface area is 124 Å². The fourth-order valence-electron chi connectivity index (χ4n) is 2.97. The second-order valence-electron chi connectivity index (χ2n) is 5.57. The zero-order valence-corrected chi connectivity index (χ0v) is 12.2. The Hall–Kier alpha value is -0.970. The van der Waals surface area contributed by atoms with Crippen LogP contribution in [0.1, 0.15) is 25.7 Å². The lowest BCUT2D eigenvalue weighted by atomic mass is 9.85. The van der Waals surface area contributed by atoms with Gasteiger partial charge in [-0.1, -0.05) is 11.6 Å². The second kappa shape index (κ2) is 5.80. The highest BCUT2D eigenvalue weighted by Crippen LogP contribution is 2.37. The smallest absolute Gasteiger partial charge is 0.138 e. The molecule has 1 atom stereocenters. The summed E-state index contributed by atoms with van der Waals surface area (Å²) in [7, 11) is 0. The van der Waals surface area contributed by atoms with E-state index in [1.54, 1.807) is 6.07 Å². The molecular formula is C15H20ClNO3. The van der Waals surface area contributed by atoms with Crippen LogP contribution in [0.25, 0.3) is 0 Å². The van der Waals surface area contributed by atoms with Crippen LogP contribution < -0.4 is 10.5 Å². The molecule has 2 heterocycles. The predicted molar refractivity (Wildman–Crippen MR) is 78.3 cm³/mol. The van der Waals surface area contributed by atoms with Gasteiger partial charge in [-0.25, -0.2) is 0 Å². The molecule has 1 aromatic rings. The first-order chi connectivity index (χ1) is 9.67. The maximum absolute atomic E-state index is 6.17. The molecule has 0 saturated carbocycles. The second-order valence-corrected chi connectivity index (χ2v) is 5.97. The quantitative estimate of drug-likeness (QED) is 0.853. The normalized spacial score (nSPS) is 25.6. The number of halogens is 1. The number of hydrogen-bond acceptors (Lipinski definition) is 4. The molecular weight excluding hydrogens is 278 g/mol. The maximum Gasteiger partial charge on any atom is 0.138 e. The summed E-state index contributed by atoms with van der Waals surface area (Å²) in [6.45, 7) is 2.28. The molecule has 110 valence electrons. The van der Waals surface area contributed by atoms with E-state index in [0.29, 0.717) is 16.5 Å². The third-order valence-electron chi connectivity index (χ3n) is 4.10. The lowest BCUT2D eigenvalue weighted by Crippen LogP contribution is -2.47. The van der Waals surface area contributed by atoms with Gasteiger partial charge in [0.15, 0.2) is 0 Å². The van der Waals surface area contributed by atoms with Gasteiger partial charge in [0.05, 0.1) is 17.2 Å². The van der Waals surface area contributed by atoms with Gasteiger partial charge in [0.25, 0.3) is 0 Å². The molecule has 1 spiro atoms. The third-order valence-corrected chi connectivity index (χ3v) is 4.40. The van der Waals surface area contributed by atoms with Crippen molar-refractivity contribution in [3.8, 4) is 5.75 Å². The van der Waals surface area contributed by atoms with E-state index >= 15 is 0 Å². The van der Waals surface area contributed by atoms with Crippen molar-refractivity contribution >= 4 is 17.3 Å². The van der Waals surface area contributed by atoms with Crippen LogP contribution in [0.5, 0.6) is 5.75 Å². The summed E-state index contributed by atoms with van der Waals surface area (Å²) < 4.78 is 17.5. The van der Waals surface area contributed by atoms with Crippen molar-refractivity contribution in [1.29, 1.82) is 0 Å². The Morgan fingerprint density at radius 3 is 2.80 bits per heavy atom. The number of anilines is 1. The molecule has 2 aliphatic rings. The number of nitrogens with two attached hydrogens (primary N) is 1. The Morgan fingerprint density at radius 1 is 1.25 bits per heavy atom. The Kier molecular flexibility index (Phi) is 4.06. The van der Waals surface area contributed by atoms with Crippen molar-refractivity contribution in [1.82, 2.24) is 0 Å². The van der Waals surface area contributed by atoms with Crippen molar-refractivity contribution in [2.24, 2.45) is 0 Å². The van der Waals surface area contributed by atoms with Crippen LogP contribution in [-0.2, 0) is 9.47 Å². The van der Waals surface area contributed by atoms with E-state index in [4.69, 9.17) is 31.5 Å². The fraction of sp³-hybridized carbons (Fsp3) is 0.600. The van der Waals surface area contributed by atoms with E-state index in [1.165, 1.54) is 0 Å². The largest absolute Gasteiger partial charge is 0.489 e. The molecule has 1 aromatic carbocycles. The van der Waals surface area contributed by atoms with Crippen molar-refractivity contribution in [3.05, 3.63) is 23.2 Å². The van der Waals surface area contributed by atoms with Gasteiger partial charge in [-0.15, -0.1) is 0 Å². The molecule has 0 aromatic heterocycles. The van der Waals surface area contributed by atoms with Crippen LogP contribution in [0.3, 0.4) is 0 Å². The van der Waals surface area contributed by atoms with Crippen LogP contribution in [-0.4, -0.2) is 31.5 Å². The topological polar surface area (TPSA) is 53.7 Å². The average Bonchev–Trinajstić information content (AvgIpc) is 2.43. The highest BCUT2D eigenvalue weighted by atomic mass is 35.5. The van der Waals surface area contributed by atoms with Gasteiger partial charge >= 0.3 is 0 Å². The molecule has 0 amide bonds. The first-order valence-corrected chi connectivity index (χ1v) is 7.48. The van der Waals surface area contributed by atoms with Crippen molar-refractivity contribution in [2.45, 2.75) is 37.4 Å². The standard InChI is InChI=1S/C15H20ClNO3/c16-13-9-11(17)1-2-14(13)20-12-3-6-19-15(10-12)4-7-18-8-5-15/h1-2,9,12H,3-8,10,17H2. The van der Waals surface area contributed by atoms with E-state index in [9.17, 15) is 0 Å². The minimum Gasteiger partial charge on any atom is -0.489 e. The van der Waals surface area contributed by atoms with Gasteiger partial charge in [-0.3, -0.25) is 0 Å². The first-order valence-electron chi connectivity index (χ1n) is 7.10. The highest BCUT2D eigenvalue weighted by Gasteiger charge is 2.39. The number of nitrogen functional groups attached to an aromatic ring is 1. The van der Waals surface area contributed by atoms with E-state index in [-0.39, 0.29) is 11.7 Å². The molecule has 0 bridgehead atoms. The van der Waals surface area contributed by atoms with Crippen LogP contribution in [0.4, 0.5) is 5.69 Å². The lowest BCUT2D eigenvalue weighted by Gasteiger charge is -2.43. The number of ether oxygens (including phenoxy) is 3. The number of hydrogen-bond donors (Lipinski definition) is 1. The summed E-state index contributed by atoms with van der Waals surface area (Å²) >= 11 is 6.17. The Balaban J connectivity index is 1.68. The maximum atomic E-state index is 6.17. The molecule has 0 aliphatic carbocycles. The summed E-state index contributed by atoms with van der Waals surface area (Å²) in [5.74, 6) is 0.704. The monoisotopic (exact) mass is 297 g/mol. The summed E-state index contributed by atoms with van der Waals surface area (Å²) in [5.41, 5.74) is 6.28. The summed E-state index contributed by atoms with van der Waals surface area (Å²) in [6, 6.07) is 5.37. The SMILES string of the molecule is Nc1ccc(OC2CCOC3(CCOCC3)C2)c(Cl)c1. The molecule has 20 heavy (non-hydrogen) atoms. The third kappa shape index (κ3) is 3.03. The van der Waals surface area contributed by atoms with Crippen molar-refractivity contribution in [3.63, 3.8) is 0 Å². The van der Waals surface area contributed by atoms with Gasteiger partial charge in [0.1, 0.15) is 11.9 Å². The van der Waals surface area contributed by atoms with Crippen LogP contribution in [0, 0.1) is 0 Å². The van der Waals surface area contributed by atoms with Crippen LogP contribution in [0.2, 0.25) is 5.02 Å². The van der Waals surface area contributed by atoms with Crippen LogP contribution >= 0.6 is 11.6 Å². The van der Waals surface area contributed by atoms with Gasteiger partial charge in [0, 0.05) is 31.7 Å². The Morgan fingerprint density at radius 2 is 2.05 bits per heavy atom. The molecule has 5 heteroatoms. The molecule has 2 saturated heterocycles. The molecule has 0 radical (unpaired) electrons. The van der Waals surface area contributed by atoms with Gasteiger partial charge in [0.2, 0.25) is 0 Å². The van der Waals surface area contributed by atoms with E-state index in [2.05, 4.69) is 0 Å². The van der Waals surface area contributed by atoms with Crippen LogP contribution in [0.15, 0.2) is 18.2 Å². The van der Waals surface area contributed by atoms with Gasteiger partial charge in [-0.2, -0.15) is 0 Å². The minimum atomic E-state index is -0.0680. The summed E-state index contributed by atoms with van der Waals surface area (Å²) in [5, 5.41) is 0.567. The fourth-order valence-corrected chi connectivity index (χ4v) is 3.20. The lowest BCUT2D eigenvalue weighted by molar-refractivity contribution is -0.155. The summed E-state index contributed by atoms with van der Waals surface area (Å²) in [4.78, 5) is 0. The van der Waals surface area contributed by atoms with Crippen molar-refractivity contribution < 1.29 is 14.2 Å². The van der Waals surface area contributed by atoms with Gasteiger partial charge < -0.3 is 19.9 Å². The molecule has 2 aliphatic heterocycles. The summed E-state index contributed by atoms with van der Waals surface area (Å²) in [6.07, 6.45) is 3.83. The highest BCUT2D eigenvalue weighted by molar-refractivity contribution is 6.32. The minimum absolute atomic E-state index is 0.0680. The molecule has 3 rings (SSSR count). The Bertz CT molecular complexity index is 469. The zero-order valence-electron chi connectivity index (χ0n) is 11.4. The predicted octanol–water partition coefficient (Wildman–Crippen LogP) is 3.03. The van der Waals surface area contributed by atoms with Gasteiger partial charge in [-0.05, 0) is 31.0 Å². The first kappa shape index (κ1) is 14.0. The van der Waals surface area contributed by atoms with Crippen molar-refractivity contribution in [2.75, 3.05) is 25.6 Å². The number of rotatable bonds is 2. The number of benzene rings is 1. The average molecular weight is 298 g/mol. The molecule has 4 nitrogen and oxygen atoms in total. The van der Waals surface area contributed by atoms with E-state index in [1.807, 2.05) is 12.1 Å².